The summed E-state index contributed by atoms with van der Waals surface area (Å²) in [6, 6.07) is 9.59. The molecule has 3 heterocycles. The predicted octanol–water partition coefficient (Wildman–Crippen LogP) is 3.32. The Morgan fingerprint density at radius 3 is 2.83 bits per heavy atom. The van der Waals surface area contributed by atoms with E-state index in [0.717, 1.165) is 30.0 Å². The zero-order valence-corrected chi connectivity index (χ0v) is 16.3. The Labute approximate surface area is 169 Å². The lowest BCUT2D eigenvalue weighted by Gasteiger charge is -2.18. The number of nitrogens with zero attached hydrogens (tertiary/aromatic N) is 4. The van der Waals surface area contributed by atoms with E-state index < -0.39 is 0 Å². The highest BCUT2D eigenvalue weighted by molar-refractivity contribution is 5.78. The number of halogens is 1. The van der Waals surface area contributed by atoms with Gasteiger partial charge in [0.05, 0.1) is 0 Å². The topological polar surface area (TPSA) is 60.2 Å². The van der Waals surface area contributed by atoms with Crippen molar-refractivity contribution < 1.29 is 13.9 Å². The lowest BCUT2D eigenvalue weighted by atomic mass is 10.1. The summed E-state index contributed by atoms with van der Waals surface area (Å²) >= 11 is 0. The molecular weight excluding hydrogens is 371 g/mol. The largest absolute Gasteiger partial charge is 0.484 e. The van der Waals surface area contributed by atoms with Crippen LogP contribution in [0.4, 0.5) is 4.39 Å². The lowest BCUT2D eigenvalue weighted by molar-refractivity contribution is -0.132. The molecule has 1 atom stereocenters. The second-order valence-corrected chi connectivity index (χ2v) is 7.31. The zero-order chi connectivity index (χ0) is 20.2. The summed E-state index contributed by atoms with van der Waals surface area (Å²) < 4.78 is 20.6. The highest BCUT2D eigenvalue weighted by Crippen LogP contribution is 2.24. The van der Waals surface area contributed by atoms with Crippen molar-refractivity contribution in [3.8, 4) is 17.1 Å². The van der Waals surface area contributed by atoms with Crippen LogP contribution in [0.1, 0.15) is 12.1 Å². The Morgan fingerprint density at radius 1 is 1.24 bits per heavy atom. The van der Waals surface area contributed by atoms with Gasteiger partial charge in [-0.05, 0) is 55.7 Å². The first-order valence-electron chi connectivity index (χ1n) is 9.69. The van der Waals surface area contributed by atoms with Gasteiger partial charge in [-0.1, -0.05) is 0 Å². The van der Waals surface area contributed by atoms with Crippen molar-refractivity contribution in [2.24, 2.45) is 5.92 Å². The molecule has 1 unspecified atom stereocenters. The van der Waals surface area contributed by atoms with Crippen LogP contribution in [0.3, 0.4) is 0 Å². The molecule has 0 saturated carbocycles. The summed E-state index contributed by atoms with van der Waals surface area (Å²) in [5.74, 6) is 1.37. The molecule has 1 aromatic carbocycles. The van der Waals surface area contributed by atoms with Gasteiger partial charge in [0, 0.05) is 49.5 Å². The third-order valence-electron chi connectivity index (χ3n) is 5.23. The molecule has 1 amide bonds. The van der Waals surface area contributed by atoms with Crippen molar-refractivity contribution in [2.75, 3.05) is 19.7 Å². The number of pyridine rings is 1. The Balaban J connectivity index is 1.35. The van der Waals surface area contributed by atoms with Crippen molar-refractivity contribution in [3.63, 3.8) is 0 Å². The SMILES string of the molecule is Cc1cnc(-c2cccnc2)n1CC1CCN(C(=O)COc2ccc(F)cc2)C1. The third kappa shape index (κ3) is 4.45. The minimum Gasteiger partial charge on any atom is -0.484 e. The van der Waals surface area contributed by atoms with Crippen LogP contribution in [0.25, 0.3) is 11.4 Å². The fourth-order valence-electron chi connectivity index (χ4n) is 3.65. The molecule has 6 nitrogen and oxygen atoms in total. The normalized spacial score (nSPS) is 16.2. The molecule has 150 valence electrons. The van der Waals surface area contributed by atoms with Crippen molar-refractivity contribution in [2.45, 2.75) is 19.9 Å². The van der Waals surface area contributed by atoms with E-state index in [-0.39, 0.29) is 18.3 Å². The van der Waals surface area contributed by atoms with Crippen LogP contribution >= 0.6 is 0 Å². The fraction of sp³-hybridized carbons (Fsp3) is 0.318. The molecule has 0 aliphatic carbocycles. The van der Waals surface area contributed by atoms with Gasteiger partial charge < -0.3 is 14.2 Å². The number of aromatic nitrogens is 3. The molecule has 0 bridgehead atoms. The molecule has 1 fully saturated rings. The van der Waals surface area contributed by atoms with Crippen LogP contribution < -0.4 is 4.74 Å². The van der Waals surface area contributed by atoms with E-state index in [1.807, 2.05) is 36.4 Å². The Bertz CT molecular complexity index is 972. The van der Waals surface area contributed by atoms with Gasteiger partial charge in [0.1, 0.15) is 17.4 Å². The monoisotopic (exact) mass is 394 g/mol. The molecule has 29 heavy (non-hydrogen) atoms. The molecule has 4 rings (SSSR count). The first-order chi connectivity index (χ1) is 14.1. The number of amides is 1. The lowest BCUT2D eigenvalue weighted by Crippen LogP contribution is -2.33. The number of carbonyl (C=O) groups is 1. The molecule has 1 saturated heterocycles. The maximum absolute atomic E-state index is 13.0. The molecule has 0 N–H and O–H groups in total. The number of ether oxygens (including phenoxy) is 1. The standard InChI is InChI=1S/C22H23FN4O2/c1-16-11-25-22(18-3-2-9-24-12-18)27(16)14-17-8-10-26(13-17)21(28)15-29-20-6-4-19(23)5-7-20/h2-7,9,11-12,17H,8,10,13-15H2,1H3. The van der Waals surface area contributed by atoms with Crippen LogP contribution in [-0.4, -0.2) is 45.0 Å². The molecule has 1 aliphatic rings. The molecule has 1 aliphatic heterocycles. The van der Waals surface area contributed by atoms with Gasteiger partial charge in [0.25, 0.3) is 5.91 Å². The summed E-state index contributed by atoms with van der Waals surface area (Å²) in [6.45, 7) is 4.21. The molecule has 0 spiro atoms. The van der Waals surface area contributed by atoms with Crippen LogP contribution in [-0.2, 0) is 11.3 Å². The number of aryl methyl sites for hydroxylation is 1. The minimum atomic E-state index is -0.327. The van der Waals surface area contributed by atoms with Crippen LogP contribution in [0.5, 0.6) is 5.75 Å². The Kier molecular flexibility index (Phi) is 5.55. The number of imidazole rings is 1. The number of rotatable bonds is 6. The Hall–Kier alpha value is -3.22. The number of likely N-dealkylation sites (tertiary alicyclic amines) is 1. The third-order valence-corrected chi connectivity index (χ3v) is 5.23. The van der Waals surface area contributed by atoms with Gasteiger partial charge in [-0.3, -0.25) is 9.78 Å². The van der Waals surface area contributed by atoms with E-state index in [0.29, 0.717) is 24.8 Å². The summed E-state index contributed by atoms with van der Waals surface area (Å²) in [5, 5.41) is 0. The second kappa shape index (κ2) is 8.43. The van der Waals surface area contributed by atoms with E-state index in [1.165, 1.54) is 24.3 Å². The van der Waals surface area contributed by atoms with Gasteiger partial charge in [0.2, 0.25) is 0 Å². The van der Waals surface area contributed by atoms with Gasteiger partial charge in [-0.2, -0.15) is 0 Å². The highest BCUT2D eigenvalue weighted by Gasteiger charge is 2.27. The van der Waals surface area contributed by atoms with Gasteiger partial charge in [-0.15, -0.1) is 0 Å². The maximum Gasteiger partial charge on any atom is 0.260 e. The molecule has 7 heteroatoms. The number of carbonyl (C=O) groups excluding carboxylic acids is 1. The van der Waals surface area contributed by atoms with Crippen LogP contribution in [0, 0.1) is 18.7 Å². The molecule has 2 aromatic heterocycles. The van der Waals surface area contributed by atoms with Gasteiger partial charge in [-0.25, -0.2) is 9.37 Å². The Morgan fingerprint density at radius 2 is 2.07 bits per heavy atom. The average molecular weight is 394 g/mol. The predicted molar refractivity (Wildman–Crippen MR) is 107 cm³/mol. The number of hydrogen-bond acceptors (Lipinski definition) is 4. The van der Waals surface area contributed by atoms with Gasteiger partial charge >= 0.3 is 0 Å². The van der Waals surface area contributed by atoms with Gasteiger partial charge in [0.15, 0.2) is 6.61 Å². The fourth-order valence-corrected chi connectivity index (χ4v) is 3.65. The van der Waals surface area contributed by atoms with E-state index in [1.54, 1.807) is 6.20 Å². The molecule has 0 radical (unpaired) electrons. The second-order valence-electron chi connectivity index (χ2n) is 7.31. The van der Waals surface area contributed by atoms with E-state index >= 15 is 0 Å². The smallest absolute Gasteiger partial charge is 0.260 e. The van der Waals surface area contributed by atoms with Crippen LogP contribution in [0.2, 0.25) is 0 Å². The van der Waals surface area contributed by atoms with Crippen molar-refractivity contribution >= 4 is 5.91 Å². The molecular formula is C22H23FN4O2. The highest BCUT2D eigenvalue weighted by atomic mass is 19.1. The van der Waals surface area contributed by atoms with Crippen molar-refractivity contribution in [1.29, 1.82) is 0 Å². The average Bonchev–Trinajstić information content (AvgIpc) is 3.36. The minimum absolute atomic E-state index is 0.0383. The summed E-state index contributed by atoms with van der Waals surface area (Å²) in [5.41, 5.74) is 2.08. The quantitative estimate of drug-likeness (QED) is 0.644. The number of benzene rings is 1. The summed E-state index contributed by atoms with van der Waals surface area (Å²) in [7, 11) is 0. The summed E-state index contributed by atoms with van der Waals surface area (Å²) in [4.78, 5) is 23.1. The van der Waals surface area contributed by atoms with Crippen LogP contribution in [0.15, 0.2) is 55.0 Å². The first kappa shape index (κ1) is 19.1. The summed E-state index contributed by atoms with van der Waals surface area (Å²) in [6.07, 6.45) is 6.37. The van der Waals surface area contributed by atoms with Crippen molar-refractivity contribution in [3.05, 3.63) is 66.5 Å². The maximum atomic E-state index is 13.0. The van der Waals surface area contributed by atoms with E-state index in [4.69, 9.17) is 4.74 Å². The molecule has 3 aromatic rings. The van der Waals surface area contributed by atoms with E-state index in [9.17, 15) is 9.18 Å². The van der Waals surface area contributed by atoms with Crippen molar-refractivity contribution in [1.82, 2.24) is 19.4 Å². The number of hydrogen-bond donors (Lipinski definition) is 0. The zero-order valence-electron chi connectivity index (χ0n) is 16.3. The first-order valence-corrected chi connectivity index (χ1v) is 9.69. The van der Waals surface area contributed by atoms with E-state index in [2.05, 4.69) is 14.5 Å².